The minimum absolute atomic E-state index is 0.0450. The first-order valence-electron chi connectivity index (χ1n) is 5.44. The summed E-state index contributed by atoms with van der Waals surface area (Å²) in [4.78, 5) is 13.8. The number of ketones is 1. The van der Waals surface area contributed by atoms with Crippen LogP contribution in [0.2, 0.25) is 0 Å². The van der Waals surface area contributed by atoms with Crippen LogP contribution in [-0.4, -0.2) is 17.9 Å². The van der Waals surface area contributed by atoms with Gasteiger partial charge in [0.15, 0.2) is 0 Å². The maximum absolute atomic E-state index is 11.4. The second-order valence-electron chi connectivity index (χ2n) is 4.77. The van der Waals surface area contributed by atoms with Gasteiger partial charge in [-0.2, -0.15) is 0 Å². The van der Waals surface area contributed by atoms with Crippen molar-refractivity contribution < 1.29 is 4.79 Å². The van der Waals surface area contributed by atoms with Crippen molar-refractivity contribution in [3.63, 3.8) is 0 Å². The van der Waals surface area contributed by atoms with Gasteiger partial charge in [0.25, 0.3) is 0 Å². The summed E-state index contributed by atoms with van der Waals surface area (Å²) in [7, 11) is 0. The molecule has 15 heavy (non-hydrogen) atoms. The van der Waals surface area contributed by atoms with Crippen molar-refractivity contribution >= 4 is 11.5 Å². The van der Waals surface area contributed by atoms with Gasteiger partial charge < -0.3 is 4.90 Å². The highest BCUT2D eigenvalue weighted by Gasteiger charge is 2.33. The highest BCUT2D eigenvalue weighted by molar-refractivity contribution is 5.82. The zero-order valence-electron chi connectivity index (χ0n) is 9.36. The molecule has 0 aliphatic carbocycles. The van der Waals surface area contributed by atoms with Crippen LogP contribution >= 0.6 is 0 Å². The van der Waals surface area contributed by atoms with Gasteiger partial charge in [-0.25, -0.2) is 0 Å². The molecule has 2 heteroatoms. The van der Waals surface area contributed by atoms with Crippen LogP contribution in [0.15, 0.2) is 30.3 Å². The number of hydrogen-bond acceptors (Lipinski definition) is 2. The maximum atomic E-state index is 11.4. The quantitative estimate of drug-likeness (QED) is 0.699. The summed E-state index contributed by atoms with van der Waals surface area (Å²) in [5.74, 6) is 0.382. The highest BCUT2D eigenvalue weighted by atomic mass is 16.1. The maximum Gasteiger partial charge on any atom is 0.136 e. The molecule has 1 aliphatic heterocycles. The lowest BCUT2D eigenvalue weighted by molar-refractivity contribution is -0.121. The lowest BCUT2D eigenvalue weighted by Crippen LogP contribution is -2.50. The number of piperidine rings is 1. The first-order chi connectivity index (χ1) is 7.09. The van der Waals surface area contributed by atoms with E-state index in [1.54, 1.807) is 0 Å². The van der Waals surface area contributed by atoms with E-state index in [0.717, 1.165) is 6.54 Å². The second kappa shape index (κ2) is 3.69. The van der Waals surface area contributed by atoms with Crippen LogP contribution in [0.5, 0.6) is 0 Å². The molecule has 1 aliphatic rings. The summed E-state index contributed by atoms with van der Waals surface area (Å²) >= 11 is 0. The van der Waals surface area contributed by atoms with Gasteiger partial charge in [-0.05, 0) is 26.0 Å². The number of nitrogens with zero attached hydrogens (tertiary/aromatic N) is 1. The normalized spacial score (nSPS) is 20.4. The van der Waals surface area contributed by atoms with Crippen molar-refractivity contribution in [1.29, 1.82) is 0 Å². The highest BCUT2D eigenvalue weighted by Crippen LogP contribution is 2.30. The molecule has 0 amide bonds. The van der Waals surface area contributed by atoms with Crippen LogP contribution in [-0.2, 0) is 4.79 Å². The minimum atomic E-state index is -0.0450. The van der Waals surface area contributed by atoms with Crippen LogP contribution in [0.3, 0.4) is 0 Å². The Labute approximate surface area is 90.9 Å². The van der Waals surface area contributed by atoms with E-state index in [4.69, 9.17) is 0 Å². The molecule has 2 rings (SSSR count). The molecule has 0 atom stereocenters. The van der Waals surface area contributed by atoms with Crippen molar-refractivity contribution in [2.75, 3.05) is 11.4 Å². The number of Topliss-reactive ketones (excluding diaryl/α,β-unsaturated/α-hetero) is 1. The number of rotatable bonds is 1. The number of para-hydroxylation sites is 1. The molecular weight excluding hydrogens is 186 g/mol. The van der Waals surface area contributed by atoms with E-state index in [0.29, 0.717) is 18.6 Å². The number of carbonyl (C=O) groups excluding carboxylic acids is 1. The molecule has 0 saturated carbocycles. The Morgan fingerprint density at radius 1 is 1.20 bits per heavy atom. The van der Waals surface area contributed by atoms with Gasteiger partial charge in [0.1, 0.15) is 5.78 Å². The fraction of sp³-hybridized carbons (Fsp3) is 0.462. The van der Waals surface area contributed by atoms with Crippen molar-refractivity contribution in [2.24, 2.45) is 0 Å². The van der Waals surface area contributed by atoms with Gasteiger partial charge in [-0.15, -0.1) is 0 Å². The first-order valence-corrected chi connectivity index (χ1v) is 5.44. The van der Waals surface area contributed by atoms with Crippen LogP contribution in [0.4, 0.5) is 5.69 Å². The van der Waals surface area contributed by atoms with Gasteiger partial charge in [0.05, 0.1) is 0 Å². The van der Waals surface area contributed by atoms with E-state index in [2.05, 4.69) is 30.9 Å². The van der Waals surface area contributed by atoms with E-state index in [-0.39, 0.29) is 5.54 Å². The largest absolute Gasteiger partial charge is 0.366 e. The topological polar surface area (TPSA) is 20.3 Å². The van der Waals surface area contributed by atoms with Gasteiger partial charge >= 0.3 is 0 Å². The summed E-state index contributed by atoms with van der Waals surface area (Å²) in [5.41, 5.74) is 1.17. The van der Waals surface area contributed by atoms with Crippen molar-refractivity contribution in [1.82, 2.24) is 0 Å². The van der Waals surface area contributed by atoms with Crippen molar-refractivity contribution in [3.8, 4) is 0 Å². The van der Waals surface area contributed by atoms with Crippen LogP contribution in [0, 0.1) is 0 Å². The molecule has 0 unspecified atom stereocenters. The van der Waals surface area contributed by atoms with Crippen LogP contribution in [0.1, 0.15) is 26.7 Å². The Morgan fingerprint density at radius 2 is 1.87 bits per heavy atom. The minimum Gasteiger partial charge on any atom is -0.366 e. The number of carbonyl (C=O) groups is 1. The van der Waals surface area contributed by atoms with E-state index < -0.39 is 0 Å². The molecule has 1 saturated heterocycles. The van der Waals surface area contributed by atoms with E-state index >= 15 is 0 Å². The molecule has 1 aromatic carbocycles. The van der Waals surface area contributed by atoms with Crippen molar-refractivity contribution in [3.05, 3.63) is 30.3 Å². The molecule has 0 radical (unpaired) electrons. The third-order valence-electron chi connectivity index (χ3n) is 3.04. The van der Waals surface area contributed by atoms with E-state index in [9.17, 15) is 4.79 Å². The number of hydrogen-bond donors (Lipinski definition) is 0. The standard InChI is InChI=1S/C13H17NO/c1-13(2)10-12(15)8-9-14(13)11-6-4-3-5-7-11/h3-7H,8-10H2,1-2H3. The predicted octanol–water partition coefficient (Wildman–Crippen LogP) is 2.63. The zero-order valence-corrected chi connectivity index (χ0v) is 9.36. The van der Waals surface area contributed by atoms with Gasteiger partial charge in [0.2, 0.25) is 0 Å². The van der Waals surface area contributed by atoms with Gasteiger partial charge in [-0.3, -0.25) is 4.79 Å². The Hall–Kier alpha value is -1.31. The van der Waals surface area contributed by atoms with Gasteiger partial charge in [0, 0.05) is 30.6 Å². The summed E-state index contributed by atoms with van der Waals surface area (Å²) in [6.45, 7) is 5.12. The molecule has 0 aromatic heterocycles. The Bertz CT molecular complexity index is 356. The molecule has 80 valence electrons. The van der Waals surface area contributed by atoms with E-state index in [1.165, 1.54) is 5.69 Å². The monoisotopic (exact) mass is 203 g/mol. The molecule has 1 fully saturated rings. The first kappa shape index (κ1) is 10.2. The summed E-state index contributed by atoms with van der Waals surface area (Å²) in [6.07, 6.45) is 1.33. The lowest BCUT2D eigenvalue weighted by atomic mass is 9.89. The summed E-state index contributed by atoms with van der Waals surface area (Å²) < 4.78 is 0. The Morgan fingerprint density at radius 3 is 2.47 bits per heavy atom. The number of anilines is 1. The van der Waals surface area contributed by atoms with Crippen LogP contribution < -0.4 is 4.90 Å². The average molecular weight is 203 g/mol. The molecule has 0 N–H and O–H groups in total. The molecule has 2 nitrogen and oxygen atoms in total. The summed E-state index contributed by atoms with van der Waals surface area (Å²) in [6, 6.07) is 10.3. The zero-order chi connectivity index (χ0) is 10.9. The fourth-order valence-electron chi connectivity index (χ4n) is 2.29. The van der Waals surface area contributed by atoms with Crippen LogP contribution in [0.25, 0.3) is 0 Å². The Kier molecular flexibility index (Phi) is 2.51. The Balaban J connectivity index is 2.26. The second-order valence-corrected chi connectivity index (χ2v) is 4.77. The van der Waals surface area contributed by atoms with E-state index in [1.807, 2.05) is 18.2 Å². The lowest BCUT2D eigenvalue weighted by Gasteiger charge is -2.43. The predicted molar refractivity (Wildman–Crippen MR) is 62.1 cm³/mol. The van der Waals surface area contributed by atoms with Gasteiger partial charge in [-0.1, -0.05) is 18.2 Å². The molecule has 0 bridgehead atoms. The summed E-state index contributed by atoms with van der Waals surface area (Å²) in [5, 5.41) is 0. The molecule has 0 spiro atoms. The molecule has 1 heterocycles. The smallest absolute Gasteiger partial charge is 0.136 e. The third kappa shape index (κ3) is 2.04. The third-order valence-corrected chi connectivity index (χ3v) is 3.04. The molecular formula is C13H17NO. The average Bonchev–Trinajstić information content (AvgIpc) is 2.17. The van der Waals surface area contributed by atoms with Crippen molar-refractivity contribution in [2.45, 2.75) is 32.2 Å². The molecule has 1 aromatic rings. The number of benzene rings is 1. The SMILES string of the molecule is CC1(C)CC(=O)CCN1c1ccccc1. The fourth-order valence-corrected chi connectivity index (χ4v) is 2.29.